The molecule has 1 atom stereocenters. The van der Waals surface area contributed by atoms with Crippen molar-refractivity contribution in [2.75, 3.05) is 68.8 Å². The molecule has 2 fully saturated rings. The van der Waals surface area contributed by atoms with E-state index < -0.39 is 11.2 Å². The van der Waals surface area contributed by atoms with Crippen LogP contribution in [0, 0.1) is 11.6 Å². The van der Waals surface area contributed by atoms with Gasteiger partial charge in [0, 0.05) is 97.0 Å². The standard InChI is InChI=1S/C21H27FN4O3.C21H25FN4O2.B.H2O2/c1-21(2,3)29-20(28)26-10-8-25(9-11-26)19-23-12-16(13-24-19)18(14-27)15-4-6-17(22)7-5-15;1-15(16-5-7-18(22)8-6-16)17-13-23-19(24-14-17)25-9-11-26(12-10-25)20(27)28-21(2,3)4;;1-2/h4-7,12-13,18,27H,8-11,14H2,1-3H3;5-8,13-14H,1,9-12H2,2-4H3;;1-2H. The third-order valence-electron chi connectivity index (χ3n) is 9.12. The van der Waals surface area contributed by atoms with Crippen molar-refractivity contribution in [3.05, 3.63) is 114 Å². The quantitative estimate of drug-likeness (QED) is 0.110. The van der Waals surface area contributed by atoms with E-state index in [1.807, 2.05) is 51.3 Å². The van der Waals surface area contributed by atoms with Crippen LogP contribution in [0.4, 0.5) is 30.3 Å². The van der Waals surface area contributed by atoms with Gasteiger partial charge in [-0.25, -0.2) is 38.3 Å². The zero-order chi connectivity index (χ0) is 43.3. The van der Waals surface area contributed by atoms with Crippen molar-refractivity contribution < 1.29 is 43.5 Å². The summed E-state index contributed by atoms with van der Waals surface area (Å²) in [7, 11) is 0. The van der Waals surface area contributed by atoms with E-state index in [-0.39, 0.29) is 44.8 Å². The first-order chi connectivity index (χ1) is 28.0. The monoisotopic (exact) mass is 831 g/mol. The van der Waals surface area contributed by atoms with E-state index in [1.54, 1.807) is 58.9 Å². The van der Waals surface area contributed by atoms with Crippen LogP contribution in [0.5, 0.6) is 0 Å². The van der Waals surface area contributed by atoms with E-state index in [4.69, 9.17) is 20.0 Å². The predicted molar refractivity (Wildman–Crippen MR) is 225 cm³/mol. The Morgan fingerprint density at radius 3 is 1.37 bits per heavy atom. The summed E-state index contributed by atoms with van der Waals surface area (Å²) in [5.74, 6) is 0.276. The molecule has 2 amide bonds. The second-order valence-corrected chi connectivity index (χ2v) is 15.8. The van der Waals surface area contributed by atoms with Crippen LogP contribution in [0.3, 0.4) is 0 Å². The Bertz CT molecular complexity index is 1950. The highest BCUT2D eigenvalue weighted by Crippen LogP contribution is 2.25. The molecule has 2 aliphatic heterocycles. The Kier molecular flexibility index (Phi) is 17.9. The molecule has 2 aromatic carbocycles. The summed E-state index contributed by atoms with van der Waals surface area (Å²) >= 11 is 0. The number of aliphatic hydroxyl groups is 1. The van der Waals surface area contributed by atoms with Crippen molar-refractivity contribution in [1.29, 1.82) is 0 Å². The number of aromatic nitrogens is 4. The molecule has 2 aliphatic rings. The van der Waals surface area contributed by atoms with Gasteiger partial charge in [-0.3, -0.25) is 10.5 Å². The van der Waals surface area contributed by atoms with Gasteiger partial charge in [-0.15, -0.1) is 0 Å². The van der Waals surface area contributed by atoms with Crippen LogP contribution >= 0.6 is 0 Å². The molecule has 15 nitrogen and oxygen atoms in total. The molecule has 0 aliphatic carbocycles. The third-order valence-corrected chi connectivity index (χ3v) is 9.12. The molecule has 3 N–H and O–H groups in total. The van der Waals surface area contributed by atoms with E-state index >= 15 is 0 Å². The van der Waals surface area contributed by atoms with Crippen LogP contribution in [0.1, 0.15) is 69.7 Å². The Morgan fingerprint density at radius 2 is 1.00 bits per heavy atom. The van der Waals surface area contributed by atoms with E-state index in [1.165, 1.54) is 24.3 Å². The number of amides is 2. The maximum atomic E-state index is 13.1. The Labute approximate surface area is 351 Å². The Balaban J connectivity index is 0.000000303. The Hall–Kier alpha value is -5.72. The first kappa shape index (κ1) is 48.7. The maximum absolute atomic E-state index is 13.1. The van der Waals surface area contributed by atoms with Gasteiger partial charge in [0.05, 0.1) is 6.61 Å². The number of aliphatic hydroxyl groups excluding tert-OH is 1. The zero-order valence-electron chi connectivity index (χ0n) is 35.0. The topological polar surface area (TPSA) is 178 Å². The minimum Gasteiger partial charge on any atom is -0.444 e. The molecule has 60 heavy (non-hydrogen) atoms. The van der Waals surface area contributed by atoms with Gasteiger partial charge in [0.25, 0.3) is 0 Å². The molecule has 6 rings (SSSR count). The SMILES string of the molecule is C=C(c1ccc(F)cc1)c1cnc(N2CCN(C(=O)OC(C)(C)C)CC2)nc1.CC(C)(C)OC(=O)N1CCN(c2ncc(C(CO)c3ccc(F)cc3)cn2)CC1.OO.[B]. The van der Waals surface area contributed by atoms with Crippen molar-refractivity contribution in [2.24, 2.45) is 0 Å². The average molecular weight is 832 g/mol. The second-order valence-electron chi connectivity index (χ2n) is 15.8. The van der Waals surface area contributed by atoms with Crippen LogP contribution < -0.4 is 9.80 Å². The van der Waals surface area contributed by atoms with E-state index in [2.05, 4.69) is 26.5 Å². The molecule has 0 bridgehead atoms. The molecule has 1 unspecified atom stereocenters. The number of ether oxygens (including phenoxy) is 2. The summed E-state index contributed by atoms with van der Waals surface area (Å²) in [5, 5.41) is 21.8. The Morgan fingerprint density at radius 1 is 0.633 bits per heavy atom. The molecule has 0 saturated carbocycles. The highest BCUT2D eigenvalue weighted by molar-refractivity contribution is 5.77. The smallest absolute Gasteiger partial charge is 0.410 e. The number of piperazine rings is 2. The molecule has 0 spiro atoms. The van der Waals surface area contributed by atoms with Gasteiger partial charge in [-0.05, 0) is 88.1 Å². The normalized spacial score (nSPS) is 14.7. The molecule has 3 radical (unpaired) electrons. The van der Waals surface area contributed by atoms with E-state index in [0.717, 1.165) is 27.8 Å². The highest BCUT2D eigenvalue weighted by Gasteiger charge is 2.28. The van der Waals surface area contributed by atoms with E-state index in [0.29, 0.717) is 64.3 Å². The van der Waals surface area contributed by atoms with Gasteiger partial charge >= 0.3 is 12.2 Å². The van der Waals surface area contributed by atoms with Gasteiger partial charge in [-0.1, -0.05) is 30.8 Å². The number of anilines is 2. The van der Waals surface area contributed by atoms with Crippen LogP contribution in [-0.4, -0.2) is 136 Å². The number of carbonyl (C=O) groups excluding carboxylic acids is 2. The van der Waals surface area contributed by atoms with Crippen LogP contribution in [0.15, 0.2) is 79.9 Å². The van der Waals surface area contributed by atoms with Gasteiger partial charge in [0.2, 0.25) is 11.9 Å². The molecule has 4 heterocycles. The predicted octanol–water partition coefficient (Wildman–Crippen LogP) is 6.17. The van der Waals surface area contributed by atoms with Gasteiger partial charge in [0.15, 0.2) is 0 Å². The summed E-state index contributed by atoms with van der Waals surface area (Å²) < 4.78 is 37.1. The van der Waals surface area contributed by atoms with Gasteiger partial charge in [-0.2, -0.15) is 0 Å². The fourth-order valence-corrected chi connectivity index (χ4v) is 6.06. The lowest BCUT2D eigenvalue weighted by Crippen LogP contribution is -2.50. The summed E-state index contributed by atoms with van der Waals surface area (Å²) in [4.78, 5) is 49.5. The molecular formula is C42H54BF2N8O7. The molecule has 2 saturated heterocycles. The number of nitrogens with zero attached hydrogens (tertiary/aromatic N) is 8. The van der Waals surface area contributed by atoms with Crippen LogP contribution in [-0.2, 0) is 9.47 Å². The summed E-state index contributed by atoms with van der Waals surface area (Å²) in [5.41, 5.74) is 2.89. The van der Waals surface area contributed by atoms with Crippen molar-refractivity contribution in [3.8, 4) is 0 Å². The number of hydrogen-bond acceptors (Lipinski definition) is 13. The van der Waals surface area contributed by atoms with Gasteiger partial charge in [0.1, 0.15) is 22.8 Å². The average Bonchev–Trinajstić information content (AvgIpc) is 3.22. The zero-order valence-corrected chi connectivity index (χ0v) is 35.0. The molecule has 321 valence electrons. The second kappa shape index (κ2) is 22.0. The summed E-state index contributed by atoms with van der Waals surface area (Å²) in [6.45, 7) is 19.7. The molecule has 4 aromatic rings. The fraction of sp³-hybridized carbons (Fsp3) is 0.429. The van der Waals surface area contributed by atoms with Crippen molar-refractivity contribution in [2.45, 2.75) is 58.7 Å². The van der Waals surface area contributed by atoms with Crippen molar-refractivity contribution >= 4 is 38.1 Å². The largest absolute Gasteiger partial charge is 0.444 e. The maximum Gasteiger partial charge on any atom is 0.410 e. The third kappa shape index (κ3) is 14.2. The molecule has 2 aromatic heterocycles. The fourth-order valence-electron chi connectivity index (χ4n) is 6.06. The molecular weight excluding hydrogens is 777 g/mol. The van der Waals surface area contributed by atoms with Crippen LogP contribution in [0.2, 0.25) is 0 Å². The van der Waals surface area contributed by atoms with Crippen LogP contribution in [0.25, 0.3) is 5.57 Å². The minimum atomic E-state index is -0.513. The number of hydrogen-bond donors (Lipinski definition) is 3. The number of benzene rings is 2. The lowest BCUT2D eigenvalue weighted by atomic mass is 9.94. The minimum absolute atomic E-state index is 0. The first-order valence-electron chi connectivity index (χ1n) is 19.1. The number of halogens is 2. The summed E-state index contributed by atoms with van der Waals surface area (Å²) in [6, 6.07) is 12.2. The van der Waals surface area contributed by atoms with Crippen molar-refractivity contribution in [3.63, 3.8) is 0 Å². The van der Waals surface area contributed by atoms with E-state index in [9.17, 15) is 23.5 Å². The van der Waals surface area contributed by atoms with Crippen molar-refractivity contribution in [1.82, 2.24) is 29.7 Å². The lowest BCUT2D eigenvalue weighted by molar-refractivity contribution is -0.176. The highest BCUT2D eigenvalue weighted by atomic mass is 19.1. The first-order valence-corrected chi connectivity index (χ1v) is 19.1. The lowest BCUT2D eigenvalue weighted by Gasteiger charge is -2.35. The summed E-state index contributed by atoms with van der Waals surface area (Å²) in [6.07, 6.45) is 6.21. The van der Waals surface area contributed by atoms with Gasteiger partial charge < -0.3 is 34.2 Å². The number of rotatable bonds is 7. The number of carbonyl (C=O) groups is 2. The molecule has 18 heteroatoms.